The number of benzene rings is 2. The highest BCUT2D eigenvalue weighted by Crippen LogP contribution is 2.44. The summed E-state index contributed by atoms with van der Waals surface area (Å²) in [7, 11) is 1.42. The number of nitrogens with one attached hydrogen (secondary N) is 1. The second-order valence-electron chi connectivity index (χ2n) is 9.48. The zero-order chi connectivity index (χ0) is 26.3. The maximum atomic E-state index is 13.1. The molecule has 5 nitrogen and oxygen atoms in total. The Labute approximate surface area is 225 Å². The highest BCUT2D eigenvalue weighted by atomic mass is 32.1. The van der Waals surface area contributed by atoms with E-state index >= 15 is 0 Å². The summed E-state index contributed by atoms with van der Waals surface area (Å²) in [6.45, 7) is 10.6. The monoisotopic (exact) mass is 527 g/mol. The number of anilines is 2. The number of rotatable bonds is 6. The Bertz CT molecular complexity index is 1610. The van der Waals surface area contributed by atoms with Crippen LogP contribution in [0.3, 0.4) is 0 Å². The Morgan fingerprint density at radius 1 is 0.973 bits per heavy atom. The van der Waals surface area contributed by atoms with Crippen LogP contribution in [0.15, 0.2) is 54.2 Å². The van der Waals surface area contributed by atoms with Crippen LogP contribution < -0.4 is 5.32 Å². The van der Waals surface area contributed by atoms with Crippen LogP contribution in [0.5, 0.6) is 0 Å². The van der Waals surface area contributed by atoms with Gasteiger partial charge in [0.15, 0.2) is 0 Å². The third-order valence-electron chi connectivity index (χ3n) is 6.76. The standard InChI is InChI=1S/C30H29N3O2S2/c1-16(2)20-9-11-21(12-10-20)23-14-36-28-25(23)27(31-15-32-28)33-29-26(30(34)35-6)24(19(5)37-29)22-8-7-17(3)18(4)13-22/h7-16H,1-6H3,(H,31,32,33). The molecular weight excluding hydrogens is 498 g/mol. The van der Waals surface area contributed by atoms with Gasteiger partial charge < -0.3 is 10.1 Å². The fraction of sp³-hybridized carbons (Fsp3) is 0.233. The molecule has 3 aromatic heterocycles. The number of ether oxygens (including phenoxy) is 1. The molecule has 0 saturated heterocycles. The molecule has 5 aromatic rings. The summed E-state index contributed by atoms with van der Waals surface area (Å²) in [5.41, 5.74) is 8.29. The van der Waals surface area contributed by atoms with E-state index in [4.69, 9.17) is 4.74 Å². The minimum Gasteiger partial charge on any atom is -0.465 e. The largest absolute Gasteiger partial charge is 0.465 e. The van der Waals surface area contributed by atoms with E-state index in [1.807, 2.05) is 6.92 Å². The van der Waals surface area contributed by atoms with Crippen molar-refractivity contribution < 1.29 is 9.53 Å². The Morgan fingerprint density at radius 2 is 1.70 bits per heavy atom. The molecule has 37 heavy (non-hydrogen) atoms. The number of thiophene rings is 2. The smallest absolute Gasteiger partial charge is 0.341 e. The summed E-state index contributed by atoms with van der Waals surface area (Å²) < 4.78 is 5.24. The predicted molar refractivity (Wildman–Crippen MR) is 156 cm³/mol. The van der Waals surface area contributed by atoms with Crippen molar-refractivity contribution >= 4 is 49.7 Å². The highest BCUT2D eigenvalue weighted by molar-refractivity contribution is 7.18. The molecule has 0 aliphatic heterocycles. The van der Waals surface area contributed by atoms with E-state index in [1.165, 1.54) is 35.1 Å². The van der Waals surface area contributed by atoms with Gasteiger partial charge >= 0.3 is 5.97 Å². The average Bonchev–Trinajstić information content (AvgIpc) is 3.47. The molecule has 5 rings (SSSR count). The molecule has 0 amide bonds. The van der Waals surface area contributed by atoms with Gasteiger partial charge in [-0.25, -0.2) is 14.8 Å². The van der Waals surface area contributed by atoms with Gasteiger partial charge in [-0.1, -0.05) is 56.3 Å². The van der Waals surface area contributed by atoms with Crippen LogP contribution in [0.25, 0.3) is 32.5 Å². The minimum atomic E-state index is -0.375. The van der Waals surface area contributed by atoms with Crippen LogP contribution in [0.4, 0.5) is 10.8 Å². The van der Waals surface area contributed by atoms with E-state index in [-0.39, 0.29) is 5.97 Å². The minimum absolute atomic E-state index is 0.375. The van der Waals surface area contributed by atoms with Gasteiger partial charge in [0.25, 0.3) is 0 Å². The quantitative estimate of drug-likeness (QED) is 0.224. The average molecular weight is 528 g/mol. The number of fused-ring (bicyclic) bond motifs is 1. The van der Waals surface area contributed by atoms with E-state index in [9.17, 15) is 4.79 Å². The summed E-state index contributed by atoms with van der Waals surface area (Å²) in [6.07, 6.45) is 1.56. The summed E-state index contributed by atoms with van der Waals surface area (Å²) >= 11 is 3.12. The van der Waals surface area contributed by atoms with Gasteiger partial charge in [0.1, 0.15) is 27.5 Å². The van der Waals surface area contributed by atoms with Gasteiger partial charge in [0, 0.05) is 21.4 Å². The number of carbonyl (C=O) groups excluding carboxylic acids is 1. The first-order valence-electron chi connectivity index (χ1n) is 12.2. The van der Waals surface area contributed by atoms with Crippen molar-refractivity contribution in [1.82, 2.24) is 9.97 Å². The number of hydrogen-bond donors (Lipinski definition) is 1. The molecule has 1 N–H and O–H groups in total. The molecule has 0 fully saturated rings. The van der Waals surface area contributed by atoms with Gasteiger partial charge in [-0.05, 0) is 54.5 Å². The molecular formula is C30H29N3O2S2. The zero-order valence-electron chi connectivity index (χ0n) is 21.8. The molecule has 2 aromatic carbocycles. The van der Waals surface area contributed by atoms with Crippen LogP contribution in [-0.4, -0.2) is 23.0 Å². The molecule has 0 spiro atoms. The molecule has 0 bridgehead atoms. The van der Waals surface area contributed by atoms with Gasteiger partial charge in [-0.15, -0.1) is 22.7 Å². The van der Waals surface area contributed by atoms with Crippen LogP contribution in [-0.2, 0) is 4.74 Å². The maximum absolute atomic E-state index is 13.1. The molecule has 0 radical (unpaired) electrons. The Kier molecular flexibility index (Phi) is 6.84. The molecule has 188 valence electrons. The van der Waals surface area contributed by atoms with Crippen molar-refractivity contribution in [3.8, 4) is 22.3 Å². The number of aromatic nitrogens is 2. The fourth-order valence-corrected chi connectivity index (χ4v) is 6.49. The van der Waals surface area contributed by atoms with E-state index in [1.54, 1.807) is 17.7 Å². The van der Waals surface area contributed by atoms with Gasteiger partial charge in [0.2, 0.25) is 0 Å². The molecule has 0 aliphatic carbocycles. The van der Waals surface area contributed by atoms with E-state index in [0.717, 1.165) is 37.3 Å². The normalized spacial score (nSPS) is 11.3. The van der Waals surface area contributed by atoms with Crippen LogP contribution in [0, 0.1) is 20.8 Å². The van der Waals surface area contributed by atoms with Crippen molar-refractivity contribution in [1.29, 1.82) is 0 Å². The second kappa shape index (κ2) is 10.1. The molecule has 7 heteroatoms. The number of methoxy groups -OCH3 is 1. The second-order valence-corrected chi connectivity index (χ2v) is 11.6. The molecule has 0 unspecified atom stereocenters. The van der Waals surface area contributed by atoms with Crippen LogP contribution >= 0.6 is 22.7 Å². The van der Waals surface area contributed by atoms with Crippen molar-refractivity contribution in [3.05, 3.63) is 81.3 Å². The van der Waals surface area contributed by atoms with E-state index in [2.05, 4.69) is 90.8 Å². The Balaban J connectivity index is 1.63. The van der Waals surface area contributed by atoms with Gasteiger partial charge in [0.05, 0.1) is 12.5 Å². The van der Waals surface area contributed by atoms with Crippen molar-refractivity contribution in [2.75, 3.05) is 12.4 Å². The van der Waals surface area contributed by atoms with Gasteiger partial charge in [-0.2, -0.15) is 0 Å². The first-order chi connectivity index (χ1) is 17.8. The van der Waals surface area contributed by atoms with Crippen LogP contribution in [0.2, 0.25) is 0 Å². The summed E-state index contributed by atoms with van der Waals surface area (Å²) in [5, 5.41) is 7.26. The Morgan fingerprint density at radius 3 is 2.38 bits per heavy atom. The first kappa shape index (κ1) is 25.1. The molecule has 0 aliphatic rings. The van der Waals surface area contributed by atoms with Crippen molar-refractivity contribution in [2.24, 2.45) is 0 Å². The maximum Gasteiger partial charge on any atom is 0.341 e. The number of hydrogen-bond acceptors (Lipinski definition) is 7. The lowest BCUT2D eigenvalue weighted by Gasteiger charge is -2.11. The lowest BCUT2D eigenvalue weighted by Crippen LogP contribution is -2.06. The fourth-order valence-electron chi connectivity index (χ4n) is 4.51. The SMILES string of the molecule is COC(=O)c1c(Nc2ncnc3scc(-c4ccc(C(C)C)cc4)c23)sc(C)c1-c1ccc(C)c(C)c1. The van der Waals surface area contributed by atoms with Crippen molar-refractivity contribution in [2.45, 2.75) is 40.5 Å². The first-order valence-corrected chi connectivity index (χ1v) is 13.9. The lowest BCUT2D eigenvalue weighted by atomic mass is 9.97. The summed E-state index contributed by atoms with van der Waals surface area (Å²) in [5.74, 6) is 0.770. The van der Waals surface area contributed by atoms with Gasteiger partial charge in [-0.3, -0.25) is 0 Å². The number of carbonyl (C=O) groups is 1. The predicted octanol–water partition coefficient (Wildman–Crippen LogP) is 8.67. The Hall–Kier alpha value is -3.55. The molecule has 3 heterocycles. The summed E-state index contributed by atoms with van der Waals surface area (Å²) in [4.78, 5) is 24.1. The zero-order valence-corrected chi connectivity index (χ0v) is 23.4. The topological polar surface area (TPSA) is 64.1 Å². The number of esters is 1. The van der Waals surface area contributed by atoms with Crippen LogP contribution in [0.1, 0.15) is 51.7 Å². The third-order valence-corrected chi connectivity index (χ3v) is 8.67. The summed E-state index contributed by atoms with van der Waals surface area (Å²) in [6, 6.07) is 14.9. The number of aryl methyl sites for hydroxylation is 3. The van der Waals surface area contributed by atoms with Crippen molar-refractivity contribution in [3.63, 3.8) is 0 Å². The highest BCUT2D eigenvalue weighted by Gasteiger charge is 2.25. The lowest BCUT2D eigenvalue weighted by molar-refractivity contribution is 0.0603. The molecule has 0 atom stereocenters. The number of nitrogens with zero attached hydrogens (tertiary/aromatic N) is 2. The van der Waals surface area contributed by atoms with E-state index < -0.39 is 0 Å². The van der Waals surface area contributed by atoms with E-state index in [0.29, 0.717) is 22.3 Å². The molecule has 0 saturated carbocycles. The third kappa shape index (κ3) is 4.65.